The zero-order valence-electron chi connectivity index (χ0n) is 13.3. The summed E-state index contributed by atoms with van der Waals surface area (Å²) in [6, 6.07) is 9.70. The van der Waals surface area contributed by atoms with Crippen LogP contribution in [0.1, 0.15) is 12.1 Å². The molecule has 0 saturated heterocycles. The van der Waals surface area contributed by atoms with Crippen LogP contribution >= 0.6 is 0 Å². The van der Waals surface area contributed by atoms with Gasteiger partial charge in [-0.25, -0.2) is 4.79 Å². The average Bonchev–Trinajstić information content (AvgIpc) is 3.07. The number of anilines is 1. The first-order valence-corrected chi connectivity index (χ1v) is 7.59. The van der Waals surface area contributed by atoms with Crippen LogP contribution in [0.5, 0.6) is 0 Å². The number of fused-ring (bicyclic) bond motifs is 1. The maximum absolute atomic E-state index is 11.9. The fourth-order valence-electron chi connectivity index (χ4n) is 2.52. The Morgan fingerprint density at radius 2 is 2.13 bits per heavy atom. The Morgan fingerprint density at radius 3 is 2.91 bits per heavy atom. The predicted octanol–water partition coefficient (Wildman–Crippen LogP) is 2.29. The second-order valence-corrected chi connectivity index (χ2v) is 5.46. The third-order valence-electron chi connectivity index (χ3n) is 3.63. The lowest BCUT2D eigenvalue weighted by Gasteiger charge is -2.08. The van der Waals surface area contributed by atoms with Gasteiger partial charge in [-0.3, -0.25) is 14.7 Å². The maximum atomic E-state index is 11.9. The van der Waals surface area contributed by atoms with Crippen molar-refractivity contribution in [1.82, 2.24) is 24.9 Å². The van der Waals surface area contributed by atoms with Crippen molar-refractivity contribution in [2.75, 3.05) is 11.9 Å². The van der Waals surface area contributed by atoms with Crippen LogP contribution in [0.4, 0.5) is 10.6 Å². The Morgan fingerprint density at radius 1 is 1.30 bits per heavy atom. The van der Waals surface area contributed by atoms with E-state index in [1.54, 1.807) is 11.7 Å². The largest absolute Gasteiger partial charge is 0.338 e. The zero-order chi connectivity index (χ0) is 16.2. The molecule has 0 bridgehead atoms. The Bertz CT molecular complexity index is 819. The molecule has 0 aliphatic rings. The first kappa shape index (κ1) is 15.1. The molecule has 0 saturated carbocycles. The number of rotatable bonds is 5. The minimum Gasteiger partial charge on any atom is -0.338 e. The van der Waals surface area contributed by atoms with Crippen LogP contribution < -0.4 is 10.6 Å². The van der Waals surface area contributed by atoms with Gasteiger partial charge in [0.15, 0.2) is 0 Å². The lowest BCUT2D eigenvalue weighted by Crippen LogP contribution is -2.30. The first-order chi connectivity index (χ1) is 11.1. The second-order valence-electron chi connectivity index (χ2n) is 5.46. The smallest absolute Gasteiger partial charge is 0.320 e. The SMILES string of the molecule is Cc1cc(NC(=O)NCCCn2ncc3ccccc32)n(C)n1. The Labute approximate surface area is 134 Å². The molecule has 2 heterocycles. The molecule has 0 atom stereocenters. The predicted molar refractivity (Wildman–Crippen MR) is 89.3 cm³/mol. The molecule has 2 aromatic heterocycles. The quantitative estimate of drug-likeness (QED) is 0.710. The first-order valence-electron chi connectivity index (χ1n) is 7.59. The topological polar surface area (TPSA) is 76.8 Å². The summed E-state index contributed by atoms with van der Waals surface area (Å²) in [7, 11) is 1.80. The number of nitrogens with zero attached hydrogens (tertiary/aromatic N) is 4. The third-order valence-corrected chi connectivity index (χ3v) is 3.63. The van der Waals surface area contributed by atoms with Crippen LogP contribution in [0, 0.1) is 6.92 Å². The number of carbonyl (C=O) groups excluding carboxylic acids is 1. The molecule has 23 heavy (non-hydrogen) atoms. The maximum Gasteiger partial charge on any atom is 0.320 e. The number of hydrogen-bond donors (Lipinski definition) is 2. The van der Waals surface area contributed by atoms with Crippen LogP contribution in [0.25, 0.3) is 10.9 Å². The highest BCUT2D eigenvalue weighted by Crippen LogP contribution is 2.12. The highest BCUT2D eigenvalue weighted by Gasteiger charge is 2.06. The van der Waals surface area contributed by atoms with E-state index in [4.69, 9.17) is 0 Å². The molecule has 0 aliphatic heterocycles. The van der Waals surface area contributed by atoms with Gasteiger partial charge < -0.3 is 5.32 Å². The number of nitrogens with one attached hydrogen (secondary N) is 2. The number of para-hydroxylation sites is 1. The summed E-state index contributed by atoms with van der Waals surface area (Å²) in [6.07, 6.45) is 2.67. The third kappa shape index (κ3) is 3.50. The fourth-order valence-corrected chi connectivity index (χ4v) is 2.52. The van der Waals surface area contributed by atoms with Crippen LogP contribution in [-0.4, -0.2) is 32.1 Å². The van der Waals surface area contributed by atoms with Gasteiger partial charge in [-0.1, -0.05) is 18.2 Å². The number of urea groups is 1. The van der Waals surface area contributed by atoms with E-state index in [9.17, 15) is 4.79 Å². The van der Waals surface area contributed by atoms with Crippen LogP contribution in [0.15, 0.2) is 36.5 Å². The number of carbonyl (C=O) groups is 1. The fraction of sp³-hybridized carbons (Fsp3) is 0.312. The van der Waals surface area contributed by atoms with Gasteiger partial charge in [0.1, 0.15) is 5.82 Å². The number of hydrogen-bond acceptors (Lipinski definition) is 3. The molecule has 0 fully saturated rings. The normalized spacial score (nSPS) is 10.9. The van der Waals surface area contributed by atoms with Crippen molar-refractivity contribution in [2.24, 2.45) is 7.05 Å². The number of benzene rings is 1. The Balaban J connectivity index is 1.46. The van der Waals surface area contributed by atoms with Gasteiger partial charge >= 0.3 is 6.03 Å². The number of aryl methyl sites for hydroxylation is 3. The van der Waals surface area contributed by atoms with Crippen molar-refractivity contribution in [3.63, 3.8) is 0 Å². The molecule has 2 N–H and O–H groups in total. The van der Waals surface area contributed by atoms with E-state index in [-0.39, 0.29) is 6.03 Å². The lowest BCUT2D eigenvalue weighted by molar-refractivity contribution is 0.251. The standard InChI is InChI=1S/C16H20N6O/c1-12-10-15(21(2)20-12)19-16(23)17-8-5-9-22-14-7-4-3-6-13(14)11-18-22/h3-4,6-7,10-11H,5,8-9H2,1-2H3,(H2,17,19,23). The minimum atomic E-state index is -0.224. The molecule has 3 rings (SSSR count). The van der Waals surface area contributed by atoms with Gasteiger partial charge in [-0.05, 0) is 19.4 Å². The van der Waals surface area contributed by atoms with E-state index in [0.29, 0.717) is 12.4 Å². The summed E-state index contributed by atoms with van der Waals surface area (Å²) in [5.41, 5.74) is 1.98. The van der Waals surface area contributed by atoms with Crippen LogP contribution in [-0.2, 0) is 13.6 Å². The van der Waals surface area contributed by atoms with Gasteiger partial charge in [0.25, 0.3) is 0 Å². The van der Waals surface area contributed by atoms with E-state index in [2.05, 4.69) is 20.8 Å². The lowest BCUT2D eigenvalue weighted by atomic mass is 10.2. The Kier molecular flexibility index (Phi) is 4.27. The summed E-state index contributed by atoms with van der Waals surface area (Å²) in [6.45, 7) is 3.23. The average molecular weight is 312 g/mol. The molecular weight excluding hydrogens is 292 g/mol. The van der Waals surface area contributed by atoms with Gasteiger partial charge in [0, 0.05) is 31.6 Å². The van der Waals surface area contributed by atoms with E-state index >= 15 is 0 Å². The van der Waals surface area contributed by atoms with Crippen molar-refractivity contribution in [3.8, 4) is 0 Å². The summed E-state index contributed by atoms with van der Waals surface area (Å²) >= 11 is 0. The molecule has 1 aromatic carbocycles. The molecule has 0 radical (unpaired) electrons. The van der Waals surface area contributed by atoms with Crippen molar-refractivity contribution in [1.29, 1.82) is 0 Å². The van der Waals surface area contributed by atoms with Gasteiger partial charge in [-0.15, -0.1) is 0 Å². The van der Waals surface area contributed by atoms with Gasteiger partial charge in [0.2, 0.25) is 0 Å². The minimum absolute atomic E-state index is 0.224. The molecule has 120 valence electrons. The van der Waals surface area contributed by atoms with Gasteiger partial charge in [-0.2, -0.15) is 10.2 Å². The summed E-state index contributed by atoms with van der Waals surface area (Å²) in [5, 5.41) is 15.3. The van der Waals surface area contributed by atoms with E-state index in [1.807, 2.05) is 48.1 Å². The molecule has 7 heteroatoms. The molecule has 0 aliphatic carbocycles. The second kappa shape index (κ2) is 6.51. The molecular formula is C16H20N6O. The Hall–Kier alpha value is -2.83. The molecule has 0 unspecified atom stereocenters. The molecule has 7 nitrogen and oxygen atoms in total. The molecule has 2 amide bonds. The summed E-state index contributed by atoms with van der Waals surface area (Å²) in [4.78, 5) is 11.9. The number of aromatic nitrogens is 4. The van der Waals surface area contributed by atoms with Crippen LogP contribution in [0.3, 0.4) is 0 Å². The van der Waals surface area contributed by atoms with Crippen LogP contribution in [0.2, 0.25) is 0 Å². The van der Waals surface area contributed by atoms with E-state index < -0.39 is 0 Å². The highest BCUT2D eigenvalue weighted by molar-refractivity contribution is 5.88. The highest BCUT2D eigenvalue weighted by atomic mass is 16.2. The molecule has 0 spiro atoms. The number of amides is 2. The van der Waals surface area contributed by atoms with Crippen molar-refractivity contribution >= 4 is 22.8 Å². The summed E-state index contributed by atoms with van der Waals surface area (Å²) < 4.78 is 3.60. The summed E-state index contributed by atoms with van der Waals surface area (Å²) in [5.74, 6) is 0.679. The van der Waals surface area contributed by atoms with E-state index in [0.717, 1.165) is 29.6 Å². The molecule has 3 aromatic rings. The van der Waals surface area contributed by atoms with Crippen molar-refractivity contribution < 1.29 is 4.79 Å². The zero-order valence-corrected chi connectivity index (χ0v) is 13.3. The van der Waals surface area contributed by atoms with Crippen molar-refractivity contribution in [2.45, 2.75) is 19.9 Å². The van der Waals surface area contributed by atoms with E-state index in [1.165, 1.54) is 0 Å². The van der Waals surface area contributed by atoms with Crippen molar-refractivity contribution in [3.05, 3.63) is 42.2 Å². The monoisotopic (exact) mass is 312 g/mol. The van der Waals surface area contributed by atoms with Gasteiger partial charge in [0.05, 0.1) is 17.4 Å².